The maximum absolute atomic E-state index is 8.88. The van der Waals surface area contributed by atoms with Crippen LogP contribution in [0.2, 0.25) is 13.1 Å². The van der Waals surface area contributed by atoms with Gasteiger partial charge in [0.25, 0.3) is 0 Å². The molecule has 0 saturated heterocycles. The first-order valence-corrected chi connectivity index (χ1v) is 38.9. The van der Waals surface area contributed by atoms with Crippen LogP contribution in [0.4, 0.5) is 0 Å². The number of fused-ring (bicyclic) bond motifs is 2. The van der Waals surface area contributed by atoms with Crippen LogP contribution in [0.1, 0.15) is 158 Å². The number of hydrogen-bond donors (Lipinski definition) is 0. The van der Waals surface area contributed by atoms with Gasteiger partial charge in [-0.2, -0.15) is 0 Å². The van der Waals surface area contributed by atoms with Crippen molar-refractivity contribution < 1.29 is 15.6 Å². The average Bonchev–Trinajstić information content (AvgIpc) is 3.80. The number of benzene rings is 4. The van der Waals surface area contributed by atoms with Gasteiger partial charge in [-0.15, -0.1) is 0 Å². The molecule has 2 atom stereocenters. The summed E-state index contributed by atoms with van der Waals surface area (Å²) in [7, 11) is 17.8. The summed E-state index contributed by atoms with van der Waals surface area (Å²) in [5.74, 6) is -1.65. The zero-order valence-corrected chi connectivity index (χ0v) is 40.7. The molecule has 0 saturated carbocycles. The fraction of sp³-hybridized carbons (Fsp3) is 0.462. The Morgan fingerprint density at radius 2 is 0.857 bits per heavy atom. The number of halogens is 2. The van der Waals surface area contributed by atoms with Gasteiger partial charge in [0, 0.05) is 0 Å². The molecule has 0 nitrogen and oxygen atoms in total. The van der Waals surface area contributed by atoms with E-state index in [9.17, 15) is 0 Å². The summed E-state index contributed by atoms with van der Waals surface area (Å²) in [6.45, 7) is 14.2. The van der Waals surface area contributed by atoms with E-state index >= 15 is 0 Å². The Morgan fingerprint density at radius 1 is 0.464 bits per heavy atom. The van der Waals surface area contributed by atoms with E-state index < -0.39 is 21.5 Å². The fourth-order valence-electron chi connectivity index (χ4n) is 9.98. The first-order valence-electron chi connectivity index (χ1n) is 22.6. The van der Waals surface area contributed by atoms with Crippen LogP contribution in [-0.4, -0.2) is 5.92 Å². The molecule has 4 heteroatoms. The zero-order chi connectivity index (χ0) is 39.7. The summed E-state index contributed by atoms with van der Waals surface area (Å²) in [5.41, 5.74) is 16.7. The van der Waals surface area contributed by atoms with E-state index in [1.54, 1.807) is 0 Å². The van der Waals surface area contributed by atoms with Gasteiger partial charge in [-0.25, -0.2) is 0 Å². The first-order chi connectivity index (χ1) is 27.2. The van der Waals surface area contributed by atoms with E-state index in [0.717, 1.165) is 51.4 Å². The fourth-order valence-corrected chi connectivity index (χ4v) is 41.5. The minimum absolute atomic E-state index is 0.127. The van der Waals surface area contributed by atoms with Gasteiger partial charge in [0.2, 0.25) is 0 Å². The average molecular weight is 884 g/mol. The van der Waals surface area contributed by atoms with Gasteiger partial charge < -0.3 is 0 Å². The van der Waals surface area contributed by atoms with Crippen LogP contribution in [0.15, 0.2) is 96.1 Å². The van der Waals surface area contributed by atoms with Crippen molar-refractivity contribution in [3.63, 3.8) is 0 Å². The van der Waals surface area contributed by atoms with E-state index in [2.05, 4.69) is 138 Å². The quantitative estimate of drug-likeness (QED) is 0.0578. The summed E-state index contributed by atoms with van der Waals surface area (Å²) in [4.78, 5) is 0. The molecule has 0 bridgehead atoms. The molecule has 0 amide bonds. The molecule has 0 heterocycles. The molecule has 0 radical (unpaired) electrons. The minimum atomic E-state index is -4.89. The predicted octanol–water partition coefficient (Wildman–Crippen LogP) is 17.2. The van der Waals surface area contributed by atoms with Crippen molar-refractivity contribution in [2.45, 2.75) is 151 Å². The molecule has 299 valence electrons. The SMILES string of the molecule is CCCCCCc1ccc(-c2cccc3c2C=C(CCCC)[CH]3[Zr]([Cl])([Cl])([CH]2C(CCCC)=Cc3c(-c4ccc(CCCCCC)cc4)cccc32)[SiH](C)C)cc1. The van der Waals surface area contributed by atoms with Crippen molar-refractivity contribution in [2.24, 2.45) is 0 Å². The number of rotatable bonds is 21. The number of unbranched alkanes of at least 4 members (excludes halogenated alkanes) is 8. The molecular formula is C52H69Cl2SiZr. The van der Waals surface area contributed by atoms with Crippen LogP contribution in [0, 0.1) is 0 Å². The molecule has 0 aromatic heterocycles. The van der Waals surface area contributed by atoms with Gasteiger partial charge >= 0.3 is 326 Å². The molecule has 2 aliphatic carbocycles. The Hall–Kier alpha value is -1.96. The number of allylic oxidation sites excluding steroid dienone is 2. The third-order valence-electron chi connectivity index (χ3n) is 13.3. The second kappa shape index (κ2) is 19.9. The number of hydrogen-bond acceptors (Lipinski definition) is 0. The molecular weight excluding hydrogens is 815 g/mol. The van der Waals surface area contributed by atoms with Crippen LogP contribution < -0.4 is 0 Å². The van der Waals surface area contributed by atoms with Gasteiger partial charge in [-0.1, -0.05) is 26.7 Å². The summed E-state index contributed by atoms with van der Waals surface area (Å²) in [6, 6.07) is 33.0. The van der Waals surface area contributed by atoms with E-state index in [-0.39, 0.29) is 7.25 Å². The second-order valence-corrected chi connectivity index (χ2v) is 60.0. The van der Waals surface area contributed by atoms with Crippen LogP contribution in [0.3, 0.4) is 0 Å². The Balaban J connectivity index is 1.43. The Bertz CT molecular complexity index is 1830. The van der Waals surface area contributed by atoms with E-state index in [1.807, 2.05) is 0 Å². The second-order valence-electron chi connectivity index (χ2n) is 17.5. The monoisotopic (exact) mass is 881 g/mol. The van der Waals surface area contributed by atoms with Gasteiger partial charge in [-0.05, 0) is 0 Å². The van der Waals surface area contributed by atoms with E-state index in [1.165, 1.54) is 118 Å². The number of aryl methyl sites for hydroxylation is 2. The predicted molar refractivity (Wildman–Crippen MR) is 251 cm³/mol. The van der Waals surface area contributed by atoms with Crippen molar-refractivity contribution in [1.29, 1.82) is 0 Å². The molecule has 2 aliphatic rings. The Labute approximate surface area is 350 Å². The normalized spacial score (nSPS) is 17.1. The standard InChI is InChI=1S/2C25H31.C2H7Si.2ClH.Zr/c2*1-3-5-7-8-11-20-14-16-22(17-15-20)24-13-9-12-23-18-21(10-6-4-2)19-25(23)24;1-3-2;;;/h2*9,12-19H,3-8,10-11H2,1-2H3;3H,1-2H3;2*1H;/q;;;;;+2/p-2. The maximum atomic E-state index is 8.88. The summed E-state index contributed by atoms with van der Waals surface area (Å²) >= 11 is -4.89. The van der Waals surface area contributed by atoms with E-state index in [4.69, 9.17) is 17.0 Å². The molecule has 4 aromatic carbocycles. The topological polar surface area (TPSA) is 0 Å². The third kappa shape index (κ3) is 9.10. The molecule has 6 rings (SSSR count). The van der Waals surface area contributed by atoms with Gasteiger partial charge in [0.1, 0.15) is 0 Å². The molecule has 0 N–H and O–H groups in total. The Morgan fingerprint density at radius 3 is 1.21 bits per heavy atom. The van der Waals surface area contributed by atoms with Gasteiger partial charge in [0.15, 0.2) is 0 Å². The van der Waals surface area contributed by atoms with Gasteiger partial charge in [0.05, 0.1) is 0 Å². The van der Waals surface area contributed by atoms with Crippen molar-refractivity contribution in [3.8, 4) is 22.3 Å². The van der Waals surface area contributed by atoms with E-state index in [0.29, 0.717) is 0 Å². The first kappa shape index (κ1) is 43.6. The summed E-state index contributed by atoms with van der Waals surface area (Å²) in [5, 5.41) is 0. The van der Waals surface area contributed by atoms with Gasteiger partial charge in [-0.3, -0.25) is 0 Å². The van der Waals surface area contributed by atoms with Crippen molar-refractivity contribution in [1.82, 2.24) is 0 Å². The summed E-state index contributed by atoms with van der Waals surface area (Å²) in [6.07, 6.45) is 24.6. The van der Waals surface area contributed by atoms with Crippen LogP contribution >= 0.6 is 17.0 Å². The van der Waals surface area contributed by atoms with Crippen molar-refractivity contribution in [2.75, 3.05) is 0 Å². The van der Waals surface area contributed by atoms with Crippen molar-refractivity contribution >= 4 is 35.1 Å². The summed E-state index contributed by atoms with van der Waals surface area (Å²) < 4.78 is 0.254. The van der Waals surface area contributed by atoms with Crippen LogP contribution in [0.25, 0.3) is 34.4 Å². The molecule has 0 aliphatic heterocycles. The molecule has 56 heavy (non-hydrogen) atoms. The Kier molecular flexibility index (Phi) is 15.5. The van der Waals surface area contributed by atoms with Crippen LogP contribution in [-0.2, 0) is 28.4 Å². The molecule has 4 aromatic rings. The van der Waals surface area contributed by atoms with Crippen molar-refractivity contribution in [3.05, 3.63) is 129 Å². The molecule has 0 fully saturated rings. The molecule has 2 unspecified atom stereocenters. The molecule has 0 spiro atoms. The zero-order valence-electron chi connectivity index (χ0n) is 35.5. The third-order valence-corrected chi connectivity index (χ3v) is 65.2. The van der Waals surface area contributed by atoms with Crippen LogP contribution in [0.5, 0.6) is 0 Å².